The van der Waals surface area contributed by atoms with Gasteiger partial charge in [0.2, 0.25) is 0 Å². The fourth-order valence-electron chi connectivity index (χ4n) is 4.32. The Morgan fingerprint density at radius 2 is 2.00 bits per heavy atom. The number of rotatable bonds is 3. The van der Waals surface area contributed by atoms with E-state index in [1.54, 1.807) is 11.9 Å². The number of fused-ring (bicyclic) bond motifs is 3. The maximum atomic E-state index is 13.3. The van der Waals surface area contributed by atoms with E-state index in [9.17, 15) is 9.59 Å². The van der Waals surface area contributed by atoms with Crippen LogP contribution in [0.1, 0.15) is 45.9 Å². The molecule has 0 saturated heterocycles. The first-order valence-electron chi connectivity index (χ1n) is 10.7. The van der Waals surface area contributed by atoms with Gasteiger partial charge in [0.25, 0.3) is 11.5 Å². The molecule has 162 valence electrons. The molecule has 2 aliphatic rings. The Kier molecular flexibility index (Phi) is 5.17. The van der Waals surface area contributed by atoms with Gasteiger partial charge in [-0.3, -0.25) is 14.2 Å². The number of aromatic nitrogens is 2. The zero-order valence-corrected chi connectivity index (χ0v) is 18.6. The fraction of sp³-hybridized carbons (Fsp3) is 0.435. The van der Waals surface area contributed by atoms with Gasteiger partial charge in [-0.05, 0) is 43.0 Å². The summed E-state index contributed by atoms with van der Waals surface area (Å²) in [5, 5.41) is 0.590. The first-order chi connectivity index (χ1) is 15.0. The van der Waals surface area contributed by atoms with Crippen LogP contribution in [0.3, 0.4) is 0 Å². The van der Waals surface area contributed by atoms with E-state index >= 15 is 0 Å². The third kappa shape index (κ3) is 3.59. The van der Waals surface area contributed by atoms with Gasteiger partial charge in [-0.1, -0.05) is 12.5 Å². The Balaban J connectivity index is 1.45. The minimum absolute atomic E-state index is 0.0100. The summed E-state index contributed by atoms with van der Waals surface area (Å²) in [6.07, 6.45) is 3.97. The molecule has 0 bridgehead atoms. The van der Waals surface area contributed by atoms with E-state index in [4.69, 9.17) is 14.5 Å². The van der Waals surface area contributed by atoms with Gasteiger partial charge in [-0.25, -0.2) is 4.98 Å². The maximum absolute atomic E-state index is 13.3. The van der Waals surface area contributed by atoms with Crippen molar-refractivity contribution in [3.63, 3.8) is 0 Å². The number of hydrogen-bond acceptors (Lipinski definition) is 6. The molecule has 0 unspecified atom stereocenters. The first-order valence-corrected chi connectivity index (χ1v) is 11.5. The summed E-state index contributed by atoms with van der Waals surface area (Å²) in [6.45, 7) is 4.08. The predicted molar refractivity (Wildman–Crippen MR) is 119 cm³/mol. The molecule has 0 N–H and O–H groups in total. The maximum Gasteiger partial charge on any atom is 0.264 e. The normalized spacial score (nSPS) is 15.4. The summed E-state index contributed by atoms with van der Waals surface area (Å²) in [4.78, 5) is 34.1. The second-order valence-electron chi connectivity index (χ2n) is 8.17. The number of amides is 1. The van der Waals surface area contributed by atoms with Crippen LogP contribution in [0.4, 0.5) is 0 Å². The van der Waals surface area contributed by atoms with Gasteiger partial charge in [0.05, 0.1) is 10.3 Å². The molecule has 8 heteroatoms. The largest absolute Gasteiger partial charge is 0.486 e. The van der Waals surface area contributed by atoms with Crippen molar-refractivity contribution in [2.24, 2.45) is 0 Å². The molecule has 7 nitrogen and oxygen atoms in total. The minimum atomic E-state index is -0.102. The lowest BCUT2D eigenvalue weighted by Crippen LogP contribution is -2.26. The standard InChI is InChI=1S/C23H25N3O4S/c1-14-19-21(24-18-6-4-3-5-9-26(18)22(19)27)31-20(14)23(28)25(2)13-15-7-8-16-17(12-15)30-11-10-29-16/h7-8,12H,3-6,9-11,13H2,1-2H3. The van der Waals surface area contributed by atoms with E-state index in [1.165, 1.54) is 11.3 Å². The highest BCUT2D eigenvalue weighted by Gasteiger charge is 2.24. The van der Waals surface area contributed by atoms with Gasteiger partial charge in [-0.2, -0.15) is 0 Å². The van der Waals surface area contributed by atoms with Crippen LogP contribution < -0.4 is 15.0 Å². The summed E-state index contributed by atoms with van der Waals surface area (Å²) in [7, 11) is 1.78. The van der Waals surface area contributed by atoms with Crippen LogP contribution >= 0.6 is 11.3 Å². The van der Waals surface area contributed by atoms with Crippen molar-refractivity contribution < 1.29 is 14.3 Å². The number of thiophene rings is 1. The number of benzene rings is 1. The molecule has 0 atom stereocenters. The van der Waals surface area contributed by atoms with E-state index in [0.717, 1.165) is 48.4 Å². The van der Waals surface area contributed by atoms with Crippen LogP contribution in [-0.4, -0.2) is 40.6 Å². The molecule has 2 aromatic heterocycles. The number of hydrogen-bond donors (Lipinski definition) is 0. The molecule has 2 aliphatic heterocycles. The summed E-state index contributed by atoms with van der Waals surface area (Å²) in [5.41, 5.74) is 1.68. The highest BCUT2D eigenvalue weighted by Crippen LogP contribution is 2.32. The van der Waals surface area contributed by atoms with E-state index in [1.807, 2.05) is 29.7 Å². The third-order valence-corrected chi connectivity index (χ3v) is 7.15. The average molecular weight is 440 g/mol. The fourth-order valence-corrected chi connectivity index (χ4v) is 5.50. The number of carbonyl (C=O) groups is 1. The quantitative estimate of drug-likeness (QED) is 0.624. The number of carbonyl (C=O) groups excluding carboxylic acids is 1. The number of ether oxygens (including phenoxy) is 2. The van der Waals surface area contributed by atoms with E-state index in [-0.39, 0.29) is 11.5 Å². The Hall–Kier alpha value is -2.87. The Morgan fingerprint density at radius 1 is 1.19 bits per heavy atom. The second kappa shape index (κ2) is 8.00. The summed E-state index contributed by atoms with van der Waals surface area (Å²) in [5.74, 6) is 2.19. The molecule has 5 rings (SSSR count). The molecule has 1 amide bonds. The van der Waals surface area contributed by atoms with Crippen molar-refractivity contribution in [1.29, 1.82) is 0 Å². The van der Waals surface area contributed by atoms with Gasteiger partial charge in [0.1, 0.15) is 23.9 Å². The molecule has 0 aliphatic carbocycles. The van der Waals surface area contributed by atoms with E-state index in [2.05, 4.69) is 0 Å². The zero-order valence-electron chi connectivity index (χ0n) is 17.8. The lowest BCUT2D eigenvalue weighted by Gasteiger charge is -2.21. The van der Waals surface area contributed by atoms with Crippen molar-refractivity contribution >= 4 is 27.5 Å². The number of aryl methyl sites for hydroxylation is 2. The van der Waals surface area contributed by atoms with Gasteiger partial charge in [-0.15, -0.1) is 11.3 Å². The third-order valence-electron chi connectivity index (χ3n) is 5.98. The highest BCUT2D eigenvalue weighted by molar-refractivity contribution is 7.20. The Labute approximate surface area is 184 Å². The summed E-state index contributed by atoms with van der Waals surface area (Å²) >= 11 is 1.33. The minimum Gasteiger partial charge on any atom is -0.486 e. The molecular weight excluding hydrogens is 414 g/mol. The number of nitrogens with zero attached hydrogens (tertiary/aromatic N) is 3. The molecule has 0 spiro atoms. The molecule has 0 fully saturated rings. The molecule has 0 saturated carbocycles. The molecular formula is C23H25N3O4S. The molecule has 4 heterocycles. The Morgan fingerprint density at radius 3 is 2.84 bits per heavy atom. The molecule has 31 heavy (non-hydrogen) atoms. The summed E-state index contributed by atoms with van der Waals surface area (Å²) in [6, 6.07) is 5.74. The van der Waals surface area contributed by atoms with Crippen LogP contribution in [0, 0.1) is 6.92 Å². The average Bonchev–Trinajstić information content (AvgIpc) is 2.94. The summed E-state index contributed by atoms with van der Waals surface area (Å²) < 4.78 is 13.0. The lowest BCUT2D eigenvalue weighted by atomic mass is 10.1. The van der Waals surface area contributed by atoms with E-state index < -0.39 is 0 Å². The van der Waals surface area contributed by atoms with Gasteiger partial charge in [0, 0.05) is 26.6 Å². The van der Waals surface area contributed by atoms with Crippen molar-refractivity contribution in [3.8, 4) is 11.5 Å². The topological polar surface area (TPSA) is 73.7 Å². The zero-order chi connectivity index (χ0) is 21.5. The molecule has 1 aromatic carbocycles. The van der Waals surface area contributed by atoms with Crippen LogP contribution in [0.25, 0.3) is 10.2 Å². The van der Waals surface area contributed by atoms with Crippen molar-refractivity contribution in [2.75, 3.05) is 20.3 Å². The molecule has 3 aromatic rings. The highest BCUT2D eigenvalue weighted by atomic mass is 32.1. The van der Waals surface area contributed by atoms with Crippen LogP contribution in [0.15, 0.2) is 23.0 Å². The SMILES string of the molecule is Cc1c(C(=O)N(C)Cc2ccc3c(c2)OCCO3)sc2nc3n(c(=O)c12)CCCCC3. The van der Waals surface area contributed by atoms with Crippen LogP contribution in [0.2, 0.25) is 0 Å². The first kappa shape index (κ1) is 20.1. The second-order valence-corrected chi connectivity index (χ2v) is 9.17. The van der Waals surface area contributed by atoms with Gasteiger partial charge in [0.15, 0.2) is 11.5 Å². The lowest BCUT2D eigenvalue weighted by molar-refractivity contribution is 0.0789. The van der Waals surface area contributed by atoms with E-state index in [0.29, 0.717) is 47.1 Å². The van der Waals surface area contributed by atoms with Crippen molar-refractivity contribution in [1.82, 2.24) is 14.5 Å². The predicted octanol–water partition coefficient (Wildman–Crippen LogP) is 3.54. The van der Waals surface area contributed by atoms with Crippen LogP contribution in [-0.2, 0) is 19.5 Å². The Bertz CT molecular complexity index is 1230. The monoisotopic (exact) mass is 439 g/mol. The van der Waals surface area contributed by atoms with Gasteiger partial charge < -0.3 is 14.4 Å². The smallest absolute Gasteiger partial charge is 0.264 e. The van der Waals surface area contributed by atoms with Gasteiger partial charge >= 0.3 is 0 Å². The molecule has 0 radical (unpaired) electrons. The van der Waals surface area contributed by atoms with Crippen molar-refractivity contribution in [3.05, 3.63) is 50.4 Å². The van der Waals surface area contributed by atoms with Crippen LogP contribution in [0.5, 0.6) is 11.5 Å². The van der Waals surface area contributed by atoms with Crippen molar-refractivity contribution in [2.45, 2.75) is 45.7 Å².